The maximum Gasteiger partial charge on any atom is 0.159 e. The van der Waals surface area contributed by atoms with Crippen molar-refractivity contribution in [2.24, 2.45) is 7.05 Å². The molecule has 0 aliphatic rings. The van der Waals surface area contributed by atoms with E-state index in [-0.39, 0.29) is 10.9 Å². The summed E-state index contributed by atoms with van der Waals surface area (Å²) < 4.78 is 4.23. The van der Waals surface area contributed by atoms with E-state index in [1.165, 1.54) is 0 Å². The lowest BCUT2D eigenvalue weighted by molar-refractivity contribution is 0.319. The Morgan fingerprint density at radius 1 is 1.30 bits per heavy atom. The van der Waals surface area contributed by atoms with Crippen molar-refractivity contribution in [2.45, 2.75) is 64.8 Å². The summed E-state index contributed by atoms with van der Waals surface area (Å²) in [4.78, 5) is 4.80. The van der Waals surface area contributed by atoms with Gasteiger partial charge in [-0.05, 0) is 33.6 Å². The van der Waals surface area contributed by atoms with Crippen LogP contribution in [0.5, 0.6) is 0 Å². The first-order valence-electron chi connectivity index (χ1n) is 7.42. The molecule has 5 heteroatoms. The molecule has 1 atom stereocenters. The predicted octanol–water partition coefficient (Wildman–Crippen LogP) is 4.17. The number of hydrogen-bond acceptors (Lipinski definition) is 2. The quantitative estimate of drug-likeness (QED) is 0.776. The number of nitrogens with zero attached hydrogens (tertiary/aromatic N) is 4. The third-order valence-corrected chi connectivity index (χ3v) is 4.08. The van der Waals surface area contributed by atoms with Crippen LogP contribution in [0.25, 0.3) is 11.2 Å². The molecule has 2 rings (SSSR count). The van der Waals surface area contributed by atoms with Crippen molar-refractivity contribution in [3.8, 4) is 0 Å². The Bertz CT molecular complexity index is 607. The zero-order valence-electron chi connectivity index (χ0n) is 13.4. The summed E-state index contributed by atoms with van der Waals surface area (Å²) in [7, 11) is 1.99. The summed E-state index contributed by atoms with van der Waals surface area (Å²) in [5.41, 5.74) is 3.12. The monoisotopic (exact) mass is 296 g/mol. The standard InChI is InChI=1S/C15H25ClN4/c1-7-9-15(4,5)20-13(10(3)16)17-12-11(8-2)18-19(6)14(12)20/h10H,7-9H2,1-6H3. The van der Waals surface area contributed by atoms with Gasteiger partial charge in [-0.1, -0.05) is 20.3 Å². The van der Waals surface area contributed by atoms with Crippen molar-refractivity contribution in [3.05, 3.63) is 11.5 Å². The van der Waals surface area contributed by atoms with Crippen molar-refractivity contribution in [3.63, 3.8) is 0 Å². The van der Waals surface area contributed by atoms with Crippen LogP contribution >= 0.6 is 11.6 Å². The van der Waals surface area contributed by atoms with E-state index in [9.17, 15) is 0 Å². The number of halogens is 1. The number of hydrogen-bond donors (Lipinski definition) is 0. The van der Waals surface area contributed by atoms with Crippen molar-refractivity contribution in [2.75, 3.05) is 0 Å². The fourth-order valence-corrected chi connectivity index (χ4v) is 3.17. The number of rotatable bonds is 5. The predicted molar refractivity (Wildman–Crippen MR) is 84.4 cm³/mol. The third-order valence-electron chi connectivity index (χ3n) is 3.89. The van der Waals surface area contributed by atoms with Crippen LogP contribution in [0.4, 0.5) is 0 Å². The van der Waals surface area contributed by atoms with Crippen molar-refractivity contribution in [1.29, 1.82) is 0 Å². The van der Waals surface area contributed by atoms with E-state index in [2.05, 4.69) is 37.4 Å². The highest BCUT2D eigenvalue weighted by Gasteiger charge is 2.30. The van der Waals surface area contributed by atoms with Crippen molar-refractivity contribution < 1.29 is 0 Å². The molecule has 1 unspecified atom stereocenters. The van der Waals surface area contributed by atoms with Gasteiger partial charge < -0.3 is 4.57 Å². The zero-order chi connectivity index (χ0) is 15.1. The second-order valence-electron chi connectivity index (χ2n) is 6.08. The summed E-state index contributed by atoms with van der Waals surface area (Å²) in [5.74, 6) is 0.947. The first kappa shape index (κ1) is 15.4. The minimum atomic E-state index is -0.108. The van der Waals surface area contributed by atoms with E-state index in [0.717, 1.165) is 41.9 Å². The van der Waals surface area contributed by atoms with E-state index in [0.29, 0.717) is 0 Å². The van der Waals surface area contributed by atoms with E-state index in [1.54, 1.807) is 0 Å². The van der Waals surface area contributed by atoms with E-state index < -0.39 is 0 Å². The minimum Gasteiger partial charge on any atom is -0.306 e. The Balaban J connectivity index is 2.78. The molecular weight excluding hydrogens is 272 g/mol. The van der Waals surface area contributed by atoms with Crippen LogP contribution in [0, 0.1) is 0 Å². The van der Waals surface area contributed by atoms with Gasteiger partial charge in [0.1, 0.15) is 11.3 Å². The Morgan fingerprint density at radius 2 is 1.95 bits per heavy atom. The fourth-order valence-electron chi connectivity index (χ4n) is 3.02. The average molecular weight is 297 g/mol. The Kier molecular flexibility index (Phi) is 4.14. The van der Waals surface area contributed by atoms with E-state index in [1.807, 2.05) is 18.7 Å². The molecule has 0 aromatic carbocycles. The van der Waals surface area contributed by atoms with Crippen LogP contribution in [0.1, 0.15) is 64.4 Å². The van der Waals surface area contributed by atoms with Crippen LogP contribution in [0.2, 0.25) is 0 Å². The number of fused-ring (bicyclic) bond motifs is 1. The molecule has 20 heavy (non-hydrogen) atoms. The second kappa shape index (κ2) is 5.40. The molecule has 2 aromatic rings. The molecule has 0 saturated carbocycles. The molecule has 0 radical (unpaired) electrons. The summed E-state index contributed by atoms with van der Waals surface area (Å²) >= 11 is 6.38. The molecular formula is C15H25ClN4. The molecule has 0 aliphatic heterocycles. The Morgan fingerprint density at radius 3 is 2.45 bits per heavy atom. The van der Waals surface area contributed by atoms with Crippen molar-refractivity contribution in [1.82, 2.24) is 19.3 Å². The van der Waals surface area contributed by atoms with E-state index in [4.69, 9.17) is 16.6 Å². The molecule has 112 valence electrons. The Hall–Kier alpha value is -1.03. The van der Waals surface area contributed by atoms with Crippen LogP contribution < -0.4 is 0 Å². The smallest absolute Gasteiger partial charge is 0.159 e. The third kappa shape index (κ3) is 2.34. The minimum absolute atomic E-state index is 0.0131. The summed E-state index contributed by atoms with van der Waals surface area (Å²) in [5, 5.41) is 4.49. The topological polar surface area (TPSA) is 35.6 Å². The highest BCUT2D eigenvalue weighted by molar-refractivity contribution is 6.20. The van der Waals surface area contributed by atoms with Gasteiger partial charge in [-0.15, -0.1) is 11.6 Å². The first-order chi connectivity index (χ1) is 9.33. The highest BCUT2D eigenvalue weighted by Crippen LogP contribution is 2.34. The largest absolute Gasteiger partial charge is 0.306 e. The molecule has 0 N–H and O–H groups in total. The van der Waals surface area contributed by atoms with Gasteiger partial charge in [0.25, 0.3) is 0 Å². The van der Waals surface area contributed by atoms with Crippen LogP contribution in [-0.2, 0) is 19.0 Å². The Labute approximate surface area is 126 Å². The fraction of sp³-hybridized carbons (Fsp3) is 0.733. The SMILES string of the molecule is CCCC(C)(C)n1c(C(C)Cl)nc2c(CC)nn(C)c21. The zero-order valence-corrected chi connectivity index (χ0v) is 14.1. The molecule has 2 heterocycles. The molecule has 0 aliphatic carbocycles. The first-order valence-corrected chi connectivity index (χ1v) is 7.85. The van der Waals surface area contributed by atoms with Gasteiger partial charge >= 0.3 is 0 Å². The molecule has 2 aromatic heterocycles. The van der Waals surface area contributed by atoms with Gasteiger partial charge in [0, 0.05) is 12.6 Å². The van der Waals surface area contributed by atoms with Gasteiger partial charge in [0.05, 0.1) is 11.1 Å². The molecule has 0 amide bonds. The van der Waals surface area contributed by atoms with Crippen LogP contribution in [-0.4, -0.2) is 19.3 Å². The van der Waals surface area contributed by atoms with Gasteiger partial charge in [0.15, 0.2) is 5.65 Å². The number of alkyl halides is 1. The highest BCUT2D eigenvalue weighted by atomic mass is 35.5. The molecule has 4 nitrogen and oxygen atoms in total. The maximum atomic E-state index is 6.38. The number of aromatic nitrogens is 4. The normalized spacial score (nSPS) is 14.2. The van der Waals surface area contributed by atoms with Crippen LogP contribution in [0.3, 0.4) is 0 Å². The summed E-state index contributed by atoms with van der Waals surface area (Å²) in [6.07, 6.45) is 3.10. The average Bonchev–Trinajstić information content (AvgIpc) is 2.88. The molecule has 0 saturated heterocycles. The summed E-state index contributed by atoms with van der Waals surface area (Å²) in [6.45, 7) is 10.8. The maximum absolute atomic E-state index is 6.38. The van der Waals surface area contributed by atoms with Gasteiger partial charge in [-0.3, -0.25) is 4.68 Å². The van der Waals surface area contributed by atoms with Gasteiger partial charge in [0.2, 0.25) is 0 Å². The molecule has 0 fully saturated rings. The van der Waals surface area contributed by atoms with Gasteiger partial charge in [-0.25, -0.2) is 4.98 Å². The second-order valence-corrected chi connectivity index (χ2v) is 6.73. The number of imidazole rings is 1. The molecule has 0 bridgehead atoms. The van der Waals surface area contributed by atoms with Crippen molar-refractivity contribution >= 4 is 22.8 Å². The lowest BCUT2D eigenvalue weighted by Crippen LogP contribution is -2.29. The number of aryl methyl sites for hydroxylation is 2. The van der Waals surface area contributed by atoms with Gasteiger partial charge in [-0.2, -0.15) is 5.10 Å². The summed E-state index contributed by atoms with van der Waals surface area (Å²) in [6, 6.07) is 0. The van der Waals surface area contributed by atoms with Crippen LogP contribution in [0.15, 0.2) is 0 Å². The molecule has 0 spiro atoms. The lowest BCUT2D eigenvalue weighted by atomic mass is 9.98. The lowest BCUT2D eigenvalue weighted by Gasteiger charge is -2.29. The van der Waals surface area contributed by atoms with E-state index >= 15 is 0 Å².